The highest BCUT2D eigenvalue weighted by Gasteiger charge is 2.52. The summed E-state index contributed by atoms with van der Waals surface area (Å²) in [4.78, 5) is 15.2. The molecule has 1 N–H and O–H groups in total. The van der Waals surface area contributed by atoms with E-state index >= 15 is 0 Å². The number of hydrogen-bond donors (Lipinski definition) is 1. The van der Waals surface area contributed by atoms with Gasteiger partial charge in [-0.05, 0) is 36.2 Å². The molecule has 5 rings (SSSR count). The van der Waals surface area contributed by atoms with Crippen LogP contribution in [0.5, 0.6) is 11.5 Å². The van der Waals surface area contributed by atoms with Crippen molar-refractivity contribution in [2.45, 2.75) is 18.4 Å². The van der Waals surface area contributed by atoms with E-state index < -0.39 is 5.41 Å². The summed E-state index contributed by atoms with van der Waals surface area (Å²) < 4.78 is 10.8. The van der Waals surface area contributed by atoms with Gasteiger partial charge in [-0.1, -0.05) is 29.8 Å². The van der Waals surface area contributed by atoms with Gasteiger partial charge in [0.15, 0.2) is 11.5 Å². The van der Waals surface area contributed by atoms with E-state index in [1.165, 1.54) is 0 Å². The maximum atomic E-state index is 13.3. The van der Waals surface area contributed by atoms with Crippen LogP contribution in [0.2, 0.25) is 5.02 Å². The van der Waals surface area contributed by atoms with Crippen molar-refractivity contribution in [2.75, 3.05) is 24.8 Å². The molecule has 1 amide bonds. The van der Waals surface area contributed by atoms with Crippen LogP contribution in [-0.2, 0) is 16.8 Å². The molecule has 5 nitrogen and oxygen atoms in total. The van der Waals surface area contributed by atoms with Crippen LogP contribution in [-0.4, -0.2) is 25.8 Å². The van der Waals surface area contributed by atoms with Crippen LogP contribution < -0.4 is 19.7 Å². The Hall–Kier alpha value is -1.95. The summed E-state index contributed by atoms with van der Waals surface area (Å²) in [5, 5.41) is 3.93. The molecule has 0 bridgehead atoms. The fourth-order valence-corrected chi connectivity index (χ4v) is 4.32. The van der Waals surface area contributed by atoms with Crippen LogP contribution in [0.15, 0.2) is 36.4 Å². The van der Waals surface area contributed by atoms with Gasteiger partial charge in [-0.15, -0.1) is 12.4 Å². The van der Waals surface area contributed by atoms with E-state index in [0.29, 0.717) is 29.6 Å². The van der Waals surface area contributed by atoms with Gasteiger partial charge in [-0.25, -0.2) is 0 Å². The van der Waals surface area contributed by atoms with Gasteiger partial charge in [-0.2, -0.15) is 0 Å². The number of rotatable bonds is 2. The molecule has 3 aliphatic heterocycles. The summed E-state index contributed by atoms with van der Waals surface area (Å²) in [6, 6.07) is 11.7. The molecule has 7 heteroatoms. The van der Waals surface area contributed by atoms with Crippen molar-refractivity contribution >= 4 is 35.6 Å². The van der Waals surface area contributed by atoms with E-state index in [4.69, 9.17) is 21.1 Å². The molecular weight excluding hydrogens is 375 g/mol. The molecule has 0 saturated carbocycles. The Labute approximate surface area is 162 Å². The molecule has 26 heavy (non-hydrogen) atoms. The molecule has 1 fully saturated rings. The third-order valence-corrected chi connectivity index (χ3v) is 5.74. The molecule has 0 aliphatic carbocycles. The van der Waals surface area contributed by atoms with Crippen molar-refractivity contribution in [3.63, 3.8) is 0 Å². The van der Waals surface area contributed by atoms with Crippen molar-refractivity contribution in [1.82, 2.24) is 5.32 Å². The minimum atomic E-state index is -0.445. The Morgan fingerprint density at radius 3 is 2.73 bits per heavy atom. The lowest BCUT2D eigenvalue weighted by Crippen LogP contribution is -2.41. The lowest BCUT2D eigenvalue weighted by Gasteiger charge is -2.23. The smallest absolute Gasteiger partial charge is 0.239 e. The van der Waals surface area contributed by atoms with E-state index in [9.17, 15) is 4.79 Å². The Morgan fingerprint density at radius 2 is 1.96 bits per heavy atom. The van der Waals surface area contributed by atoms with Gasteiger partial charge in [0.1, 0.15) is 0 Å². The normalized spacial score (nSPS) is 22.7. The third kappa shape index (κ3) is 2.38. The topological polar surface area (TPSA) is 50.8 Å². The highest BCUT2D eigenvalue weighted by Crippen LogP contribution is 2.46. The molecule has 136 valence electrons. The van der Waals surface area contributed by atoms with Crippen LogP contribution in [0.4, 0.5) is 5.69 Å². The summed E-state index contributed by atoms with van der Waals surface area (Å²) >= 11 is 6.43. The Morgan fingerprint density at radius 1 is 1.19 bits per heavy atom. The van der Waals surface area contributed by atoms with Crippen molar-refractivity contribution in [3.8, 4) is 11.5 Å². The molecule has 3 heterocycles. The van der Waals surface area contributed by atoms with Crippen molar-refractivity contribution in [1.29, 1.82) is 0 Å². The summed E-state index contributed by atoms with van der Waals surface area (Å²) in [6.45, 7) is 2.18. The second kappa shape index (κ2) is 6.34. The van der Waals surface area contributed by atoms with Crippen molar-refractivity contribution in [2.24, 2.45) is 0 Å². The molecule has 0 aromatic heterocycles. The number of nitrogens with zero attached hydrogens (tertiary/aromatic N) is 1. The molecule has 2 aromatic carbocycles. The number of halogens is 2. The van der Waals surface area contributed by atoms with E-state index in [2.05, 4.69) is 11.4 Å². The summed E-state index contributed by atoms with van der Waals surface area (Å²) in [5.41, 5.74) is 2.50. The zero-order chi connectivity index (χ0) is 17.0. The average Bonchev–Trinajstić information content (AvgIpc) is 3.32. The minimum Gasteiger partial charge on any atom is -0.454 e. The highest BCUT2D eigenvalue weighted by atomic mass is 35.5. The number of amides is 1. The molecular formula is C19H18Cl2N2O3. The van der Waals surface area contributed by atoms with E-state index in [1.54, 1.807) is 6.07 Å². The molecule has 2 aromatic rings. The number of carbonyl (C=O) groups excluding carboxylic acids is 1. The van der Waals surface area contributed by atoms with Gasteiger partial charge >= 0.3 is 0 Å². The number of carbonyl (C=O) groups is 1. The largest absolute Gasteiger partial charge is 0.454 e. The Balaban J connectivity index is 0.00000168. The van der Waals surface area contributed by atoms with Gasteiger partial charge in [0.2, 0.25) is 12.7 Å². The van der Waals surface area contributed by atoms with Gasteiger partial charge < -0.3 is 19.7 Å². The molecule has 1 unspecified atom stereocenters. The predicted octanol–water partition coefficient (Wildman–Crippen LogP) is 3.27. The van der Waals surface area contributed by atoms with E-state index in [-0.39, 0.29) is 25.1 Å². The number of benzene rings is 2. The maximum absolute atomic E-state index is 13.3. The predicted molar refractivity (Wildman–Crippen MR) is 102 cm³/mol. The Bertz CT molecular complexity index is 881. The maximum Gasteiger partial charge on any atom is 0.239 e. The first-order chi connectivity index (χ1) is 12.2. The zero-order valence-corrected chi connectivity index (χ0v) is 15.5. The first-order valence-corrected chi connectivity index (χ1v) is 8.77. The first-order valence-electron chi connectivity index (χ1n) is 8.39. The number of hydrogen-bond acceptors (Lipinski definition) is 4. The number of anilines is 1. The molecule has 1 saturated heterocycles. The second-order valence-electron chi connectivity index (χ2n) is 6.71. The van der Waals surface area contributed by atoms with E-state index in [1.807, 2.05) is 29.2 Å². The van der Waals surface area contributed by atoms with E-state index in [0.717, 1.165) is 29.8 Å². The summed E-state index contributed by atoms with van der Waals surface area (Å²) in [6.07, 6.45) is 0.828. The Kier molecular flexibility index (Phi) is 4.26. The highest BCUT2D eigenvalue weighted by molar-refractivity contribution is 6.31. The molecule has 1 atom stereocenters. The van der Waals surface area contributed by atoms with Crippen LogP contribution in [0.1, 0.15) is 17.5 Å². The number of ether oxygens (including phenoxy) is 2. The fraction of sp³-hybridized carbons (Fsp3) is 0.316. The average molecular weight is 393 g/mol. The second-order valence-corrected chi connectivity index (χ2v) is 7.12. The minimum absolute atomic E-state index is 0. The summed E-state index contributed by atoms with van der Waals surface area (Å²) in [5.74, 6) is 1.47. The number of para-hydroxylation sites is 1. The molecule has 1 spiro atoms. The number of fused-ring (bicyclic) bond motifs is 3. The van der Waals surface area contributed by atoms with Crippen molar-refractivity contribution in [3.05, 3.63) is 52.5 Å². The SMILES string of the molecule is Cl.O=C1N(Cc2cc3c(cc2Cl)OCO3)c2ccccc2C12CCNC2. The standard InChI is InChI=1S/C19H17ClN2O3.ClH/c20-14-8-17-16(24-11-25-17)7-12(14)9-22-15-4-2-1-3-13(15)19(18(22)23)5-6-21-10-19;/h1-4,7-8,21H,5-6,9-11H2;1H. The van der Waals surface area contributed by atoms with Crippen LogP contribution in [0.25, 0.3) is 0 Å². The van der Waals surface area contributed by atoms with Crippen LogP contribution in [0, 0.1) is 0 Å². The van der Waals surface area contributed by atoms with Gasteiger partial charge in [0.25, 0.3) is 0 Å². The third-order valence-electron chi connectivity index (χ3n) is 5.39. The van der Waals surface area contributed by atoms with Crippen LogP contribution >= 0.6 is 24.0 Å². The monoisotopic (exact) mass is 392 g/mol. The summed E-state index contributed by atoms with van der Waals surface area (Å²) in [7, 11) is 0. The van der Waals surface area contributed by atoms with Crippen LogP contribution in [0.3, 0.4) is 0 Å². The van der Waals surface area contributed by atoms with Gasteiger partial charge in [0, 0.05) is 23.3 Å². The number of nitrogens with one attached hydrogen (secondary N) is 1. The van der Waals surface area contributed by atoms with Gasteiger partial charge in [-0.3, -0.25) is 4.79 Å². The fourth-order valence-electron chi connectivity index (χ4n) is 4.11. The zero-order valence-electron chi connectivity index (χ0n) is 14.0. The first kappa shape index (κ1) is 17.5. The molecule has 0 radical (unpaired) electrons. The molecule has 3 aliphatic rings. The lowest BCUT2D eigenvalue weighted by molar-refractivity contribution is -0.122. The van der Waals surface area contributed by atoms with Gasteiger partial charge in [0.05, 0.1) is 12.0 Å². The quantitative estimate of drug-likeness (QED) is 0.851. The van der Waals surface area contributed by atoms with Crippen molar-refractivity contribution < 1.29 is 14.3 Å². The lowest BCUT2D eigenvalue weighted by atomic mass is 9.81.